The fourth-order valence-corrected chi connectivity index (χ4v) is 5.53. The van der Waals surface area contributed by atoms with E-state index >= 15 is 0 Å². The Morgan fingerprint density at radius 2 is 1.83 bits per heavy atom. The maximum Gasteiger partial charge on any atom is 0.270 e. The molecule has 29 heavy (non-hydrogen) atoms. The lowest BCUT2D eigenvalue weighted by atomic mass is 10.1. The summed E-state index contributed by atoms with van der Waals surface area (Å²) in [7, 11) is -3.84. The van der Waals surface area contributed by atoms with Crippen LogP contribution in [0.5, 0.6) is 0 Å². The van der Waals surface area contributed by atoms with Crippen molar-refractivity contribution < 1.29 is 18.1 Å². The van der Waals surface area contributed by atoms with E-state index in [2.05, 4.69) is 19.9 Å². The van der Waals surface area contributed by atoms with Gasteiger partial charge < -0.3 is 4.90 Å². The first kappa shape index (κ1) is 21.4. The Labute approximate surface area is 171 Å². The molecule has 1 heterocycles. The second kappa shape index (κ2) is 7.53. The second-order valence-corrected chi connectivity index (χ2v) is 10.5. The van der Waals surface area contributed by atoms with Crippen LogP contribution >= 0.6 is 0 Å². The van der Waals surface area contributed by atoms with Crippen LogP contribution in [0, 0.1) is 27.4 Å². The van der Waals surface area contributed by atoms with Crippen LogP contribution in [-0.4, -0.2) is 54.6 Å². The van der Waals surface area contributed by atoms with Crippen LogP contribution in [0.2, 0.25) is 0 Å². The second-order valence-electron chi connectivity index (χ2n) is 8.55. The largest absolute Gasteiger partial charge is 0.340 e. The number of rotatable bonds is 5. The third kappa shape index (κ3) is 4.06. The average molecular weight is 422 g/mol. The van der Waals surface area contributed by atoms with Gasteiger partial charge in [0.15, 0.2) is 0 Å². The number of hydrogen-bond acceptors (Lipinski definition) is 5. The molecule has 1 aromatic carbocycles. The number of nitrogens with zero attached hydrogens (tertiary/aromatic N) is 3. The summed E-state index contributed by atoms with van der Waals surface area (Å²) in [6, 6.07) is 5.05. The SMILES string of the molecule is CC(C)=CC1C(C(=O)N2CCN(S(=O)(=O)c3cccc([N+](=O)[O-])c3)CC2)C1(C)C. The van der Waals surface area contributed by atoms with Gasteiger partial charge >= 0.3 is 0 Å². The lowest BCUT2D eigenvalue weighted by Crippen LogP contribution is -2.51. The molecule has 1 aromatic rings. The lowest BCUT2D eigenvalue weighted by molar-refractivity contribution is -0.385. The monoisotopic (exact) mass is 421 g/mol. The topological polar surface area (TPSA) is 101 Å². The highest BCUT2D eigenvalue weighted by atomic mass is 32.2. The van der Waals surface area contributed by atoms with Crippen LogP contribution < -0.4 is 0 Å². The number of carbonyl (C=O) groups is 1. The molecule has 2 atom stereocenters. The fraction of sp³-hybridized carbons (Fsp3) is 0.550. The van der Waals surface area contributed by atoms with Crippen molar-refractivity contribution in [3.8, 4) is 0 Å². The van der Waals surface area contributed by atoms with E-state index in [-0.39, 0.29) is 46.8 Å². The van der Waals surface area contributed by atoms with Crippen LogP contribution in [0.15, 0.2) is 40.8 Å². The number of amides is 1. The number of benzene rings is 1. The number of carbonyl (C=O) groups excluding carboxylic acids is 1. The minimum atomic E-state index is -3.84. The zero-order chi connectivity index (χ0) is 21.6. The summed E-state index contributed by atoms with van der Waals surface area (Å²) in [5.41, 5.74) is 0.841. The number of nitro groups is 1. The Hall–Kier alpha value is -2.26. The molecule has 8 nitrogen and oxygen atoms in total. The molecule has 2 unspecified atom stereocenters. The Kier molecular flexibility index (Phi) is 5.57. The van der Waals surface area contributed by atoms with Crippen molar-refractivity contribution in [1.29, 1.82) is 0 Å². The summed E-state index contributed by atoms with van der Waals surface area (Å²) in [5.74, 6) is 0.217. The summed E-state index contributed by atoms with van der Waals surface area (Å²) in [6.07, 6.45) is 2.14. The van der Waals surface area contributed by atoms with E-state index in [4.69, 9.17) is 0 Å². The first-order valence-electron chi connectivity index (χ1n) is 9.64. The predicted molar refractivity (Wildman–Crippen MR) is 109 cm³/mol. The molecule has 3 rings (SSSR count). The van der Waals surface area contributed by atoms with Gasteiger partial charge in [-0.05, 0) is 31.2 Å². The van der Waals surface area contributed by atoms with Crippen molar-refractivity contribution in [1.82, 2.24) is 9.21 Å². The number of piperazine rings is 1. The maximum atomic E-state index is 13.0. The first-order valence-corrected chi connectivity index (χ1v) is 11.1. The smallest absolute Gasteiger partial charge is 0.270 e. The van der Waals surface area contributed by atoms with E-state index in [1.165, 1.54) is 28.1 Å². The van der Waals surface area contributed by atoms with Crippen LogP contribution in [0.3, 0.4) is 0 Å². The number of non-ortho nitro benzene ring substituents is 1. The lowest BCUT2D eigenvalue weighted by Gasteiger charge is -2.34. The fourth-order valence-electron chi connectivity index (χ4n) is 4.07. The van der Waals surface area contributed by atoms with Gasteiger partial charge in [-0.1, -0.05) is 31.6 Å². The maximum absolute atomic E-state index is 13.0. The van der Waals surface area contributed by atoms with E-state index in [0.29, 0.717) is 13.1 Å². The molecule has 1 amide bonds. The first-order chi connectivity index (χ1) is 13.5. The summed E-state index contributed by atoms with van der Waals surface area (Å²) < 4.78 is 27.0. The van der Waals surface area contributed by atoms with Crippen molar-refractivity contribution in [2.75, 3.05) is 26.2 Å². The molecule has 0 aromatic heterocycles. The van der Waals surface area contributed by atoms with Gasteiger partial charge in [0.1, 0.15) is 0 Å². The van der Waals surface area contributed by atoms with E-state index in [1.807, 2.05) is 13.8 Å². The third-order valence-corrected chi connectivity index (χ3v) is 7.80. The van der Waals surface area contributed by atoms with Crippen molar-refractivity contribution >= 4 is 21.6 Å². The van der Waals surface area contributed by atoms with Crippen LogP contribution in [-0.2, 0) is 14.8 Å². The molecule has 1 aliphatic carbocycles. The van der Waals surface area contributed by atoms with Crippen molar-refractivity contribution in [2.45, 2.75) is 32.6 Å². The molecule has 0 radical (unpaired) electrons. The van der Waals surface area contributed by atoms with Crippen molar-refractivity contribution in [3.63, 3.8) is 0 Å². The minimum Gasteiger partial charge on any atom is -0.340 e. The van der Waals surface area contributed by atoms with E-state index in [0.717, 1.165) is 6.07 Å². The Morgan fingerprint density at radius 1 is 1.21 bits per heavy atom. The number of allylic oxidation sites excluding steroid dienone is 2. The number of nitro benzene ring substituents is 1. The van der Waals surface area contributed by atoms with Crippen LogP contribution in [0.25, 0.3) is 0 Å². The van der Waals surface area contributed by atoms with Gasteiger partial charge in [-0.3, -0.25) is 14.9 Å². The molecule has 1 aliphatic heterocycles. The highest BCUT2D eigenvalue weighted by molar-refractivity contribution is 7.89. The molecular weight excluding hydrogens is 394 g/mol. The van der Waals surface area contributed by atoms with Gasteiger partial charge in [-0.2, -0.15) is 4.31 Å². The Bertz CT molecular complexity index is 958. The summed E-state index contributed by atoms with van der Waals surface area (Å²) in [4.78, 5) is 24.9. The zero-order valence-electron chi connectivity index (χ0n) is 17.2. The van der Waals surface area contributed by atoms with E-state index in [9.17, 15) is 23.3 Å². The quantitative estimate of drug-likeness (QED) is 0.413. The van der Waals surface area contributed by atoms with Gasteiger partial charge in [0.2, 0.25) is 15.9 Å². The summed E-state index contributed by atoms with van der Waals surface area (Å²) in [6.45, 7) is 9.21. The molecule has 158 valence electrons. The minimum absolute atomic E-state index is 0.0719. The van der Waals surface area contributed by atoms with E-state index < -0.39 is 14.9 Å². The van der Waals surface area contributed by atoms with Gasteiger partial charge in [0.05, 0.1) is 15.7 Å². The molecule has 2 fully saturated rings. The molecule has 1 saturated carbocycles. The van der Waals surface area contributed by atoms with Gasteiger partial charge in [0, 0.05) is 38.3 Å². The van der Waals surface area contributed by atoms with E-state index in [1.54, 1.807) is 4.90 Å². The number of hydrogen-bond donors (Lipinski definition) is 0. The van der Waals surface area contributed by atoms with Crippen LogP contribution in [0.4, 0.5) is 5.69 Å². The van der Waals surface area contributed by atoms with Gasteiger partial charge in [0.25, 0.3) is 5.69 Å². The standard InChI is InChI=1S/C20H27N3O5S/c1-14(2)12-17-18(20(17,3)4)19(24)21-8-10-22(11-9-21)29(27,28)16-7-5-6-15(13-16)23(25)26/h5-7,12-13,17-18H,8-11H2,1-4H3. The summed E-state index contributed by atoms with van der Waals surface area (Å²) >= 11 is 0. The Morgan fingerprint density at radius 3 is 2.38 bits per heavy atom. The highest BCUT2D eigenvalue weighted by Gasteiger charge is 2.61. The highest BCUT2D eigenvalue weighted by Crippen LogP contribution is 2.60. The van der Waals surface area contributed by atoms with Crippen LogP contribution in [0.1, 0.15) is 27.7 Å². The van der Waals surface area contributed by atoms with Gasteiger partial charge in [-0.15, -0.1) is 0 Å². The molecule has 9 heteroatoms. The third-order valence-electron chi connectivity index (χ3n) is 5.91. The molecule has 1 saturated heterocycles. The Balaban J connectivity index is 1.68. The number of sulfonamides is 1. The van der Waals surface area contributed by atoms with Crippen molar-refractivity contribution in [3.05, 3.63) is 46.0 Å². The molecule has 0 bridgehead atoms. The van der Waals surface area contributed by atoms with Gasteiger partial charge in [-0.25, -0.2) is 8.42 Å². The molecule has 2 aliphatic rings. The molecular formula is C20H27N3O5S. The predicted octanol–water partition coefficient (Wildman–Crippen LogP) is 2.67. The zero-order valence-corrected chi connectivity index (χ0v) is 18.0. The molecule has 0 spiro atoms. The molecule has 0 N–H and O–H groups in total. The normalized spacial score (nSPS) is 24.1. The average Bonchev–Trinajstić information content (AvgIpc) is 3.20. The summed E-state index contributed by atoms with van der Waals surface area (Å²) in [5, 5.41) is 10.9. The van der Waals surface area contributed by atoms with Crippen molar-refractivity contribution in [2.24, 2.45) is 17.3 Å².